The Morgan fingerprint density at radius 1 is 1.32 bits per heavy atom. The van der Waals surface area contributed by atoms with Gasteiger partial charge in [0.05, 0.1) is 19.1 Å². The van der Waals surface area contributed by atoms with Crippen LogP contribution < -0.4 is 10.1 Å². The standard InChI is InChI=1S/C16H22N2O2S.CH4/c1-10(2)13-9-21-16(18-15(13)19)17-11(3)12-7-5-6-8-14(12)20-4;/h5-8,10-11,13H,9H2,1-4H3,(H,17,18,19);1H4/t11-,13?;/m0./s1. The number of carbonyl (C=O) groups is 1. The molecular weight excluding hydrogens is 296 g/mol. The fraction of sp³-hybridized carbons (Fsp3) is 0.529. The Morgan fingerprint density at radius 2 is 2.00 bits per heavy atom. The molecule has 1 saturated heterocycles. The van der Waals surface area contributed by atoms with E-state index in [0.717, 1.165) is 17.1 Å². The first-order chi connectivity index (χ1) is 10.0. The van der Waals surface area contributed by atoms with Crippen molar-refractivity contribution in [1.29, 1.82) is 0 Å². The number of benzene rings is 1. The van der Waals surface area contributed by atoms with Crippen LogP contribution in [0.3, 0.4) is 0 Å². The monoisotopic (exact) mass is 322 g/mol. The van der Waals surface area contributed by atoms with E-state index in [0.29, 0.717) is 11.1 Å². The fourth-order valence-corrected chi connectivity index (χ4v) is 3.58. The van der Waals surface area contributed by atoms with E-state index in [9.17, 15) is 4.79 Å². The first-order valence-corrected chi connectivity index (χ1v) is 8.16. The molecule has 0 saturated carbocycles. The van der Waals surface area contributed by atoms with Crippen LogP contribution in [-0.4, -0.2) is 23.9 Å². The number of hydrogen-bond donors (Lipinski definition) is 1. The van der Waals surface area contributed by atoms with Gasteiger partial charge in [0.1, 0.15) is 5.75 Å². The van der Waals surface area contributed by atoms with Crippen LogP contribution in [0.25, 0.3) is 0 Å². The van der Waals surface area contributed by atoms with E-state index in [1.807, 2.05) is 31.2 Å². The predicted octanol–water partition coefficient (Wildman–Crippen LogP) is 3.88. The Labute approximate surface area is 137 Å². The van der Waals surface area contributed by atoms with Crippen molar-refractivity contribution >= 4 is 22.8 Å². The van der Waals surface area contributed by atoms with Crippen molar-refractivity contribution in [1.82, 2.24) is 5.32 Å². The molecule has 2 rings (SSSR count). The molecule has 1 heterocycles. The van der Waals surface area contributed by atoms with Crippen molar-refractivity contribution < 1.29 is 9.53 Å². The lowest BCUT2D eigenvalue weighted by atomic mass is 9.97. The summed E-state index contributed by atoms with van der Waals surface area (Å²) in [5, 5.41) is 3.62. The Bertz CT molecular complexity index is 543. The van der Waals surface area contributed by atoms with Crippen LogP contribution >= 0.6 is 11.8 Å². The summed E-state index contributed by atoms with van der Waals surface area (Å²) < 4.78 is 5.36. The van der Waals surface area contributed by atoms with Gasteiger partial charge < -0.3 is 10.1 Å². The summed E-state index contributed by atoms with van der Waals surface area (Å²) in [5.41, 5.74) is 1.02. The van der Waals surface area contributed by atoms with Crippen LogP contribution in [0.15, 0.2) is 29.3 Å². The third-order valence-electron chi connectivity index (χ3n) is 3.67. The molecule has 0 aromatic heterocycles. The van der Waals surface area contributed by atoms with E-state index in [-0.39, 0.29) is 25.3 Å². The number of amidine groups is 1. The van der Waals surface area contributed by atoms with Gasteiger partial charge in [-0.1, -0.05) is 51.2 Å². The maximum atomic E-state index is 12.1. The van der Waals surface area contributed by atoms with Crippen molar-refractivity contribution in [3.63, 3.8) is 0 Å². The largest absolute Gasteiger partial charge is 0.496 e. The summed E-state index contributed by atoms with van der Waals surface area (Å²) in [7, 11) is 1.66. The van der Waals surface area contributed by atoms with E-state index in [4.69, 9.17) is 4.74 Å². The fourth-order valence-electron chi connectivity index (χ4n) is 2.30. The lowest BCUT2D eigenvalue weighted by molar-refractivity contribution is -0.124. The van der Waals surface area contributed by atoms with Gasteiger partial charge >= 0.3 is 0 Å². The van der Waals surface area contributed by atoms with Gasteiger partial charge in [0.2, 0.25) is 5.91 Å². The molecule has 0 bridgehead atoms. The number of amides is 1. The second kappa shape index (κ2) is 8.22. The Hall–Kier alpha value is -1.49. The van der Waals surface area contributed by atoms with Crippen LogP contribution in [-0.2, 0) is 4.79 Å². The third kappa shape index (κ3) is 4.26. The molecule has 0 radical (unpaired) electrons. The molecule has 1 aliphatic heterocycles. The summed E-state index contributed by atoms with van der Waals surface area (Å²) in [6, 6.07) is 7.77. The van der Waals surface area contributed by atoms with Crippen molar-refractivity contribution in [3.05, 3.63) is 29.8 Å². The van der Waals surface area contributed by atoms with E-state index < -0.39 is 0 Å². The number of aliphatic imine (C=N–C) groups is 1. The highest BCUT2D eigenvalue weighted by Crippen LogP contribution is 2.29. The van der Waals surface area contributed by atoms with Crippen molar-refractivity contribution in [3.8, 4) is 5.75 Å². The highest BCUT2D eigenvalue weighted by Gasteiger charge is 2.28. The van der Waals surface area contributed by atoms with Crippen LogP contribution in [0.4, 0.5) is 0 Å². The Kier molecular flexibility index (Phi) is 6.94. The number of carbonyl (C=O) groups excluding carboxylic acids is 1. The minimum atomic E-state index is -0.0560. The molecule has 1 aliphatic rings. The molecule has 1 amide bonds. The molecule has 2 atom stereocenters. The number of ether oxygens (including phenoxy) is 1. The van der Waals surface area contributed by atoms with E-state index in [1.165, 1.54) is 0 Å². The number of nitrogens with zero attached hydrogens (tertiary/aromatic N) is 1. The third-order valence-corrected chi connectivity index (χ3v) is 4.68. The highest BCUT2D eigenvalue weighted by atomic mass is 32.2. The van der Waals surface area contributed by atoms with Crippen molar-refractivity contribution in [2.45, 2.75) is 34.2 Å². The molecule has 22 heavy (non-hydrogen) atoms. The molecule has 0 aliphatic carbocycles. The summed E-state index contributed by atoms with van der Waals surface area (Å²) in [6.45, 7) is 6.15. The van der Waals surface area contributed by atoms with Gasteiger partial charge in [0.25, 0.3) is 0 Å². The maximum absolute atomic E-state index is 12.1. The molecule has 122 valence electrons. The Balaban J connectivity index is 0.00000242. The Morgan fingerprint density at radius 3 is 2.59 bits per heavy atom. The normalized spacial score (nSPS) is 21.2. The van der Waals surface area contributed by atoms with Crippen LogP contribution in [0, 0.1) is 11.8 Å². The zero-order valence-electron chi connectivity index (χ0n) is 12.9. The number of thioether (sulfide) groups is 1. The van der Waals surface area contributed by atoms with Gasteiger partial charge in [0.15, 0.2) is 5.17 Å². The second-order valence-corrected chi connectivity index (χ2v) is 6.51. The average Bonchev–Trinajstić information content (AvgIpc) is 2.46. The minimum absolute atomic E-state index is 0. The molecule has 4 nitrogen and oxygen atoms in total. The van der Waals surface area contributed by atoms with Crippen LogP contribution in [0.2, 0.25) is 0 Å². The van der Waals surface area contributed by atoms with Gasteiger partial charge in [-0.2, -0.15) is 0 Å². The predicted molar refractivity (Wildman–Crippen MR) is 94.5 cm³/mol. The zero-order valence-corrected chi connectivity index (χ0v) is 13.7. The van der Waals surface area contributed by atoms with Gasteiger partial charge in [-0.05, 0) is 18.9 Å². The van der Waals surface area contributed by atoms with Crippen molar-refractivity contribution in [2.75, 3.05) is 12.9 Å². The summed E-state index contributed by atoms with van der Waals surface area (Å²) in [5.74, 6) is 2.11. The molecular formula is C17H26N2O2S. The lowest BCUT2D eigenvalue weighted by Gasteiger charge is -2.26. The number of rotatable bonds is 4. The molecule has 5 heteroatoms. The van der Waals surface area contributed by atoms with Gasteiger partial charge in [-0.25, -0.2) is 0 Å². The van der Waals surface area contributed by atoms with E-state index >= 15 is 0 Å². The SMILES string of the molecule is C.COc1ccccc1[C@H](C)N=C1NC(=O)C(C(C)C)CS1. The smallest absolute Gasteiger partial charge is 0.230 e. The van der Waals surface area contributed by atoms with E-state index in [1.54, 1.807) is 18.9 Å². The quantitative estimate of drug-likeness (QED) is 0.915. The second-order valence-electron chi connectivity index (χ2n) is 5.50. The first-order valence-electron chi connectivity index (χ1n) is 7.17. The molecule has 1 unspecified atom stereocenters. The summed E-state index contributed by atoms with van der Waals surface area (Å²) in [4.78, 5) is 16.7. The average molecular weight is 322 g/mol. The summed E-state index contributed by atoms with van der Waals surface area (Å²) in [6.07, 6.45) is 0. The topological polar surface area (TPSA) is 50.7 Å². The highest BCUT2D eigenvalue weighted by molar-refractivity contribution is 8.14. The minimum Gasteiger partial charge on any atom is -0.496 e. The molecule has 1 N–H and O–H groups in total. The van der Waals surface area contributed by atoms with Gasteiger partial charge in [-0.3, -0.25) is 9.79 Å². The summed E-state index contributed by atoms with van der Waals surface area (Å²) >= 11 is 1.62. The number of hydrogen-bond acceptors (Lipinski definition) is 4. The van der Waals surface area contributed by atoms with Crippen LogP contribution in [0.1, 0.15) is 39.8 Å². The number of nitrogens with one attached hydrogen (secondary N) is 1. The lowest BCUT2D eigenvalue weighted by Crippen LogP contribution is -2.42. The molecule has 1 aromatic carbocycles. The van der Waals surface area contributed by atoms with Gasteiger partial charge in [0, 0.05) is 11.3 Å². The maximum Gasteiger partial charge on any atom is 0.230 e. The zero-order chi connectivity index (χ0) is 15.4. The van der Waals surface area contributed by atoms with Gasteiger partial charge in [-0.15, -0.1) is 0 Å². The van der Waals surface area contributed by atoms with Crippen LogP contribution in [0.5, 0.6) is 5.75 Å². The van der Waals surface area contributed by atoms with Crippen molar-refractivity contribution in [2.24, 2.45) is 16.8 Å². The first kappa shape index (κ1) is 18.6. The number of methoxy groups -OCH3 is 1. The van der Waals surface area contributed by atoms with E-state index in [2.05, 4.69) is 24.2 Å². The molecule has 1 aromatic rings. The number of para-hydroxylation sites is 1. The molecule has 0 spiro atoms. The molecule has 1 fully saturated rings.